The molecule has 0 spiro atoms. The first-order chi connectivity index (χ1) is 16.9. The molecule has 0 unspecified atom stereocenters. The predicted molar refractivity (Wildman–Crippen MR) is 133 cm³/mol. The number of nitro groups is 1. The number of carbonyl (C=O) groups excluding carboxylic acids is 2. The van der Waals surface area contributed by atoms with E-state index in [1.807, 2.05) is 31.2 Å². The lowest BCUT2D eigenvalue weighted by atomic mass is 10.1. The Morgan fingerprint density at radius 2 is 1.77 bits per heavy atom. The molecular formula is C26H22N2O6S. The molecule has 1 aliphatic rings. The van der Waals surface area contributed by atoms with Gasteiger partial charge < -0.3 is 9.47 Å². The third kappa shape index (κ3) is 5.52. The quantitative estimate of drug-likeness (QED) is 0.226. The minimum Gasteiger partial charge on any atom is -0.493 e. The normalized spacial score (nSPS) is 14.5. The van der Waals surface area contributed by atoms with Crippen LogP contribution in [0.5, 0.6) is 11.5 Å². The van der Waals surface area contributed by atoms with Crippen molar-refractivity contribution in [2.45, 2.75) is 20.1 Å². The summed E-state index contributed by atoms with van der Waals surface area (Å²) >= 11 is 0.909. The van der Waals surface area contributed by atoms with Crippen molar-refractivity contribution in [1.82, 2.24) is 4.90 Å². The van der Waals surface area contributed by atoms with Gasteiger partial charge in [-0.2, -0.15) is 0 Å². The van der Waals surface area contributed by atoms with Gasteiger partial charge in [-0.25, -0.2) is 0 Å². The van der Waals surface area contributed by atoms with Crippen LogP contribution in [-0.2, 0) is 17.9 Å². The van der Waals surface area contributed by atoms with Crippen LogP contribution in [0.3, 0.4) is 0 Å². The van der Waals surface area contributed by atoms with Crippen LogP contribution in [0.15, 0.2) is 71.6 Å². The van der Waals surface area contributed by atoms with Crippen LogP contribution in [0, 0.1) is 17.0 Å². The number of ether oxygens (including phenoxy) is 2. The van der Waals surface area contributed by atoms with Gasteiger partial charge in [-0.1, -0.05) is 30.3 Å². The Balaban J connectivity index is 1.47. The first-order valence-corrected chi connectivity index (χ1v) is 11.5. The van der Waals surface area contributed by atoms with Gasteiger partial charge in [-0.15, -0.1) is 0 Å². The van der Waals surface area contributed by atoms with Crippen molar-refractivity contribution in [3.05, 3.63) is 104 Å². The summed E-state index contributed by atoms with van der Waals surface area (Å²) in [6.45, 7) is 2.38. The van der Waals surface area contributed by atoms with Gasteiger partial charge in [0.05, 0.1) is 23.5 Å². The monoisotopic (exact) mass is 490 g/mol. The lowest BCUT2D eigenvalue weighted by Crippen LogP contribution is -2.27. The van der Waals surface area contributed by atoms with Crippen LogP contribution in [0.1, 0.15) is 22.3 Å². The van der Waals surface area contributed by atoms with Crippen molar-refractivity contribution < 1.29 is 24.0 Å². The minimum atomic E-state index is -0.455. The van der Waals surface area contributed by atoms with Crippen molar-refractivity contribution in [1.29, 1.82) is 0 Å². The highest BCUT2D eigenvalue weighted by molar-refractivity contribution is 8.18. The van der Waals surface area contributed by atoms with Gasteiger partial charge in [0.1, 0.15) is 6.61 Å². The number of carbonyl (C=O) groups is 2. The topological polar surface area (TPSA) is 99.0 Å². The summed E-state index contributed by atoms with van der Waals surface area (Å²) in [6.07, 6.45) is 1.66. The number of nitro benzene ring substituents is 1. The number of benzene rings is 3. The van der Waals surface area contributed by atoms with Gasteiger partial charge in [0.25, 0.3) is 16.8 Å². The largest absolute Gasteiger partial charge is 0.493 e. The van der Waals surface area contributed by atoms with Crippen molar-refractivity contribution in [3.8, 4) is 11.5 Å². The van der Waals surface area contributed by atoms with Crippen LogP contribution in [0.2, 0.25) is 0 Å². The second kappa shape index (κ2) is 10.4. The zero-order chi connectivity index (χ0) is 24.9. The molecule has 8 nitrogen and oxygen atoms in total. The minimum absolute atomic E-state index is 0.0130. The fourth-order valence-electron chi connectivity index (χ4n) is 3.51. The molecule has 0 N–H and O–H groups in total. The SMILES string of the molecule is COc1cc(/C=C2\SC(=O)N(Cc3ccccc3C)C2=O)ccc1OCc1ccc([N+](=O)[O-])cc1. The molecule has 1 fully saturated rings. The molecule has 9 heteroatoms. The van der Waals surface area contributed by atoms with Crippen molar-refractivity contribution in [2.75, 3.05) is 7.11 Å². The summed E-state index contributed by atoms with van der Waals surface area (Å²) in [5.74, 6) is 0.608. The van der Waals surface area contributed by atoms with E-state index >= 15 is 0 Å². The molecule has 3 aromatic rings. The number of hydrogen-bond donors (Lipinski definition) is 0. The van der Waals surface area contributed by atoms with Crippen LogP contribution in [0.4, 0.5) is 10.5 Å². The maximum absolute atomic E-state index is 12.9. The van der Waals surface area contributed by atoms with Gasteiger partial charge in [0, 0.05) is 12.1 Å². The van der Waals surface area contributed by atoms with E-state index in [0.717, 1.165) is 28.5 Å². The summed E-state index contributed by atoms with van der Waals surface area (Å²) < 4.78 is 11.3. The highest BCUT2D eigenvalue weighted by atomic mass is 32.2. The molecule has 1 saturated heterocycles. The van der Waals surface area contributed by atoms with E-state index in [2.05, 4.69) is 0 Å². The van der Waals surface area contributed by atoms with E-state index in [0.29, 0.717) is 22.0 Å². The van der Waals surface area contributed by atoms with Crippen molar-refractivity contribution >= 4 is 34.7 Å². The molecule has 4 rings (SSSR count). The Morgan fingerprint density at radius 3 is 2.46 bits per heavy atom. The summed E-state index contributed by atoms with van der Waals surface area (Å²) in [5, 5.41) is 10.5. The number of aryl methyl sites for hydroxylation is 1. The summed E-state index contributed by atoms with van der Waals surface area (Å²) in [4.78, 5) is 37.3. The Labute approximate surface area is 206 Å². The molecule has 0 aliphatic carbocycles. The lowest BCUT2D eigenvalue weighted by molar-refractivity contribution is -0.384. The molecule has 1 heterocycles. The van der Waals surface area contributed by atoms with Crippen LogP contribution in [-0.4, -0.2) is 28.1 Å². The molecule has 0 radical (unpaired) electrons. The third-order valence-electron chi connectivity index (χ3n) is 5.49. The first-order valence-electron chi connectivity index (χ1n) is 10.7. The predicted octanol–water partition coefficient (Wildman–Crippen LogP) is 5.73. The summed E-state index contributed by atoms with van der Waals surface area (Å²) in [6, 6.07) is 19.0. The number of nitrogens with zero attached hydrogens (tertiary/aromatic N) is 2. The highest BCUT2D eigenvalue weighted by Crippen LogP contribution is 2.35. The zero-order valence-electron chi connectivity index (χ0n) is 19.1. The number of rotatable bonds is 8. The van der Waals surface area contributed by atoms with Crippen molar-refractivity contribution in [3.63, 3.8) is 0 Å². The van der Waals surface area contributed by atoms with Gasteiger partial charge in [-0.05, 0) is 71.3 Å². The lowest BCUT2D eigenvalue weighted by Gasteiger charge is -2.14. The maximum Gasteiger partial charge on any atom is 0.293 e. The van der Waals surface area contributed by atoms with E-state index in [-0.39, 0.29) is 30.0 Å². The number of non-ortho nitro benzene ring substituents is 1. The van der Waals surface area contributed by atoms with E-state index < -0.39 is 4.92 Å². The summed E-state index contributed by atoms with van der Waals surface area (Å²) in [5.41, 5.74) is 3.41. The third-order valence-corrected chi connectivity index (χ3v) is 6.40. The molecular weight excluding hydrogens is 468 g/mol. The standard InChI is InChI=1S/C26H22N2O6S/c1-17-5-3-4-6-20(17)15-27-25(29)24(35-26(27)30)14-19-9-12-22(23(13-19)33-2)34-16-18-7-10-21(11-8-18)28(31)32/h3-14H,15-16H2,1-2H3/b24-14-. The summed E-state index contributed by atoms with van der Waals surface area (Å²) in [7, 11) is 1.51. The van der Waals surface area contributed by atoms with E-state index in [1.54, 1.807) is 36.4 Å². The van der Waals surface area contributed by atoms with E-state index in [1.165, 1.54) is 24.1 Å². The van der Waals surface area contributed by atoms with Gasteiger partial charge in [0.15, 0.2) is 11.5 Å². The molecule has 35 heavy (non-hydrogen) atoms. The highest BCUT2D eigenvalue weighted by Gasteiger charge is 2.35. The van der Waals surface area contributed by atoms with Crippen LogP contribution < -0.4 is 9.47 Å². The fourth-order valence-corrected chi connectivity index (χ4v) is 4.35. The molecule has 0 aromatic heterocycles. The van der Waals surface area contributed by atoms with Gasteiger partial charge >= 0.3 is 0 Å². The van der Waals surface area contributed by atoms with E-state index in [9.17, 15) is 19.7 Å². The van der Waals surface area contributed by atoms with Crippen LogP contribution in [0.25, 0.3) is 6.08 Å². The van der Waals surface area contributed by atoms with Crippen molar-refractivity contribution in [2.24, 2.45) is 0 Å². The maximum atomic E-state index is 12.9. The Kier molecular flexibility index (Phi) is 7.17. The second-order valence-electron chi connectivity index (χ2n) is 7.82. The van der Waals surface area contributed by atoms with Crippen LogP contribution >= 0.6 is 11.8 Å². The zero-order valence-corrected chi connectivity index (χ0v) is 19.9. The Bertz CT molecular complexity index is 1320. The number of methoxy groups -OCH3 is 1. The second-order valence-corrected chi connectivity index (χ2v) is 8.81. The fraction of sp³-hybridized carbons (Fsp3) is 0.154. The number of thioether (sulfide) groups is 1. The molecule has 0 bridgehead atoms. The molecule has 2 amide bonds. The molecule has 178 valence electrons. The number of hydrogen-bond acceptors (Lipinski definition) is 7. The smallest absolute Gasteiger partial charge is 0.293 e. The average Bonchev–Trinajstić information content (AvgIpc) is 3.11. The number of imide groups is 1. The number of amides is 2. The Morgan fingerprint density at radius 1 is 1.03 bits per heavy atom. The van der Waals surface area contributed by atoms with Gasteiger partial charge in [0.2, 0.25) is 0 Å². The molecule has 1 aliphatic heterocycles. The van der Waals surface area contributed by atoms with E-state index in [4.69, 9.17) is 9.47 Å². The molecule has 0 atom stereocenters. The Hall–Kier alpha value is -4.11. The molecule has 3 aromatic carbocycles. The molecule has 0 saturated carbocycles. The first kappa shape index (κ1) is 24.0. The van der Waals surface area contributed by atoms with Gasteiger partial charge in [-0.3, -0.25) is 24.6 Å². The average molecular weight is 491 g/mol.